The summed E-state index contributed by atoms with van der Waals surface area (Å²) in [6.45, 7) is 2.45. The number of nitrogens with zero attached hydrogens (tertiary/aromatic N) is 2. The van der Waals surface area contributed by atoms with Gasteiger partial charge in [-0.3, -0.25) is 0 Å². The number of fused-ring (bicyclic) bond motifs is 1. The number of rotatable bonds is 0. The third-order valence-electron chi connectivity index (χ3n) is 3.39. The second kappa shape index (κ2) is 2.86. The van der Waals surface area contributed by atoms with Gasteiger partial charge in [0.05, 0.1) is 0 Å². The van der Waals surface area contributed by atoms with Gasteiger partial charge in [-0.05, 0) is 37.7 Å². The van der Waals surface area contributed by atoms with E-state index in [2.05, 4.69) is 4.90 Å². The Kier molecular flexibility index (Phi) is 1.67. The first-order chi connectivity index (χ1) is 6.43. The first-order valence-electron chi connectivity index (χ1n) is 5.47. The Bertz CT molecular complexity index is 288. The van der Waals surface area contributed by atoms with Gasteiger partial charge < -0.3 is 4.90 Å². The van der Waals surface area contributed by atoms with Crippen molar-refractivity contribution < 1.29 is 0 Å². The molecule has 3 aliphatic rings. The molecule has 0 saturated carbocycles. The Morgan fingerprint density at radius 1 is 1.00 bits per heavy atom. The summed E-state index contributed by atoms with van der Waals surface area (Å²) in [6, 6.07) is 0. The molecule has 0 amide bonds. The Morgan fingerprint density at radius 3 is 2.92 bits per heavy atom. The summed E-state index contributed by atoms with van der Waals surface area (Å²) in [5.41, 5.74) is 3.08. The minimum Gasteiger partial charge on any atom is -0.356 e. The Morgan fingerprint density at radius 2 is 1.92 bits per heavy atom. The largest absolute Gasteiger partial charge is 0.356 e. The van der Waals surface area contributed by atoms with Crippen LogP contribution in [0.3, 0.4) is 0 Å². The lowest BCUT2D eigenvalue weighted by atomic mass is 9.95. The Balaban J connectivity index is 1.93. The van der Waals surface area contributed by atoms with Gasteiger partial charge >= 0.3 is 0 Å². The summed E-state index contributed by atoms with van der Waals surface area (Å²) in [7, 11) is 0. The van der Waals surface area contributed by atoms with Crippen LogP contribution in [0.1, 0.15) is 38.5 Å². The first kappa shape index (κ1) is 7.60. The lowest BCUT2D eigenvalue weighted by Gasteiger charge is -2.29. The minimum absolute atomic E-state index is 1.20. The molecule has 70 valence electrons. The van der Waals surface area contributed by atoms with Crippen molar-refractivity contribution in [2.24, 2.45) is 4.99 Å². The van der Waals surface area contributed by atoms with Crippen molar-refractivity contribution in [3.63, 3.8) is 0 Å². The molecule has 13 heavy (non-hydrogen) atoms. The molecule has 2 aliphatic heterocycles. The molecular weight excluding hydrogens is 160 g/mol. The topological polar surface area (TPSA) is 15.6 Å². The molecule has 1 aliphatic carbocycles. The van der Waals surface area contributed by atoms with Crippen LogP contribution >= 0.6 is 0 Å². The SMILES string of the molecule is C1CCC2=C(C1)CN1CCCC1=N2. The fourth-order valence-corrected chi connectivity index (χ4v) is 2.66. The summed E-state index contributed by atoms with van der Waals surface area (Å²) in [4.78, 5) is 7.26. The van der Waals surface area contributed by atoms with E-state index in [9.17, 15) is 0 Å². The smallest absolute Gasteiger partial charge is 0.105 e. The maximum absolute atomic E-state index is 4.79. The summed E-state index contributed by atoms with van der Waals surface area (Å²) < 4.78 is 0. The lowest BCUT2D eigenvalue weighted by Crippen LogP contribution is -2.31. The molecule has 0 aromatic heterocycles. The van der Waals surface area contributed by atoms with Crippen molar-refractivity contribution >= 4 is 5.84 Å². The zero-order chi connectivity index (χ0) is 8.67. The molecule has 0 unspecified atom stereocenters. The van der Waals surface area contributed by atoms with E-state index >= 15 is 0 Å². The van der Waals surface area contributed by atoms with Gasteiger partial charge in [0.25, 0.3) is 0 Å². The first-order valence-corrected chi connectivity index (χ1v) is 5.47. The highest BCUT2D eigenvalue weighted by atomic mass is 15.2. The van der Waals surface area contributed by atoms with Crippen LogP contribution in [0.15, 0.2) is 16.3 Å². The quantitative estimate of drug-likeness (QED) is 0.553. The average molecular weight is 176 g/mol. The highest BCUT2D eigenvalue weighted by Gasteiger charge is 2.26. The molecule has 2 nitrogen and oxygen atoms in total. The van der Waals surface area contributed by atoms with Gasteiger partial charge in [-0.25, -0.2) is 4.99 Å². The highest BCUT2D eigenvalue weighted by molar-refractivity contribution is 5.86. The second-order valence-corrected chi connectivity index (χ2v) is 4.31. The summed E-state index contributed by atoms with van der Waals surface area (Å²) in [6.07, 6.45) is 7.83. The summed E-state index contributed by atoms with van der Waals surface area (Å²) >= 11 is 0. The van der Waals surface area contributed by atoms with Crippen LogP contribution in [-0.4, -0.2) is 23.8 Å². The van der Waals surface area contributed by atoms with Crippen molar-refractivity contribution in [1.29, 1.82) is 0 Å². The van der Waals surface area contributed by atoms with E-state index in [0.717, 1.165) is 0 Å². The van der Waals surface area contributed by atoms with E-state index in [1.165, 1.54) is 63.1 Å². The van der Waals surface area contributed by atoms with Gasteiger partial charge in [-0.2, -0.15) is 0 Å². The van der Waals surface area contributed by atoms with Gasteiger partial charge in [0.2, 0.25) is 0 Å². The highest BCUT2D eigenvalue weighted by Crippen LogP contribution is 2.31. The second-order valence-electron chi connectivity index (χ2n) is 4.31. The third-order valence-corrected chi connectivity index (χ3v) is 3.39. The van der Waals surface area contributed by atoms with Gasteiger partial charge in [0.15, 0.2) is 0 Å². The summed E-state index contributed by atoms with van der Waals surface area (Å²) in [5.74, 6) is 1.38. The number of hydrogen-bond acceptors (Lipinski definition) is 2. The Hall–Kier alpha value is -0.790. The fourth-order valence-electron chi connectivity index (χ4n) is 2.66. The minimum atomic E-state index is 1.20. The molecule has 2 heteroatoms. The Labute approximate surface area is 79.3 Å². The number of allylic oxidation sites excluding steroid dienone is 1. The van der Waals surface area contributed by atoms with Crippen LogP contribution in [0, 0.1) is 0 Å². The predicted octanol–water partition coefficient (Wildman–Crippen LogP) is 2.32. The van der Waals surface area contributed by atoms with Crippen LogP contribution < -0.4 is 0 Å². The van der Waals surface area contributed by atoms with Gasteiger partial charge in [0, 0.05) is 25.2 Å². The number of aliphatic imine (C=N–C) groups is 1. The molecule has 0 N–H and O–H groups in total. The van der Waals surface area contributed by atoms with Crippen LogP contribution in [0.5, 0.6) is 0 Å². The van der Waals surface area contributed by atoms with Crippen molar-refractivity contribution in [3.8, 4) is 0 Å². The number of amidine groups is 1. The molecule has 2 heterocycles. The molecule has 1 fully saturated rings. The summed E-state index contributed by atoms with van der Waals surface area (Å²) in [5, 5.41) is 0. The molecule has 0 aromatic carbocycles. The van der Waals surface area contributed by atoms with Crippen LogP contribution in [-0.2, 0) is 0 Å². The monoisotopic (exact) mass is 176 g/mol. The lowest BCUT2D eigenvalue weighted by molar-refractivity contribution is 0.457. The molecule has 3 rings (SSSR count). The van der Waals surface area contributed by atoms with E-state index < -0.39 is 0 Å². The van der Waals surface area contributed by atoms with Gasteiger partial charge in [0.1, 0.15) is 5.84 Å². The normalized spacial score (nSPS) is 27.1. The third kappa shape index (κ3) is 1.19. The molecule has 0 radical (unpaired) electrons. The van der Waals surface area contributed by atoms with E-state index in [1.807, 2.05) is 0 Å². The molecule has 1 saturated heterocycles. The maximum Gasteiger partial charge on any atom is 0.105 e. The van der Waals surface area contributed by atoms with Crippen LogP contribution in [0.2, 0.25) is 0 Å². The standard InChI is InChI=1S/C11H16N2/c1-2-5-10-9(4-1)8-13-7-3-6-11(13)12-10/h1-8H2. The molecule has 0 atom stereocenters. The van der Waals surface area contributed by atoms with Crippen molar-refractivity contribution in [1.82, 2.24) is 4.90 Å². The van der Waals surface area contributed by atoms with E-state index in [4.69, 9.17) is 4.99 Å². The van der Waals surface area contributed by atoms with Crippen LogP contribution in [0.25, 0.3) is 0 Å². The maximum atomic E-state index is 4.79. The zero-order valence-corrected chi connectivity index (χ0v) is 8.05. The van der Waals surface area contributed by atoms with E-state index in [1.54, 1.807) is 5.57 Å². The number of hydrogen-bond donors (Lipinski definition) is 0. The van der Waals surface area contributed by atoms with Crippen molar-refractivity contribution in [2.45, 2.75) is 38.5 Å². The van der Waals surface area contributed by atoms with Gasteiger partial charge in [-0.15, -0.1) is 0 Å². The molecule has 0 spiro atoms. The zero-order valence-electron chi connectivity index (χ0n) is 8.05. The molecular formula is C11H16N2. The molecule has 0 aromatic rings. The van der Waals surface area contributed by atoms with E-state index in [-0.39, 0.29) is 0 Å². The fraction of sp³-hybridized carbons (Fsp3) is 0.727. The van der Waals surface area contributed by atoms with Crippen molar-refractivity contribution in [2.75, 3.05) is 13.1 Å². The van der Waals surface area contributed by atoms with Crippen LogP contribution in [0.4, 0.5) is 0 Å². The van der Waals surface area contributed by atoms with Crippen molar-refractivity contribution in [3.05, 3.63) is 11.3 Å². The predicted molar refractivity (Wildman–Crippen MR) is 53.7 cm³/mol. The van der Waals surface area contributed by atoms with Gasteiger partial charge in [-0.1, -0.05) is 0 Å². The molecule has 0 bridgehead atoms. The average Bonchev–Trinajstić information content (AvgIpc) is 2.61. The van der Waals surface area contributed by atoms with E-state index in [0.29, 0.717) is 0 Å².